The first-order chi connectivity index (χ1) is 9.06. The Hall–Kier alpha value is -1.13. The van der Waals surface area contributed by atoms with Crippen molar-refractivity contribution >= 4 is 17.3 Å². The summed E-state index contributed by atoms with van der Waals surface area (Å²) in [5.41, 5.74) is 1.99. The van der Waals surface area contributed by atoms with Crippen LogP contribution < -0.4 is 0 Å². The van der Waals surface area contributed by atoms with Crippen LogP contribution in [0.2, 0.25) is 0 Å². The van der Waals surface area contributed by atoms with E-state index in [-0.39, 0.29) is 0 Å². The molecule has 0 bridgehead atoms. The maximum absolute atomic E-state index is 5.77. The highest BCUT2D eigenvalue weighted by molar-refractivity contribution is 6.29. The number of aliphatic imine (C=N–C) groups is 1. The van der Waals surface area contributed by atoms with E-state index in [2.05, 4.69) is 28.2 Å². The first-order valence-corrected chi connectivity index (χ1v) is 7.04. The molecule has 0 amide bonds. The molecule has 1 aliphatic rings. The van der Waals surface area contributed by atoms with Crippen LogP contribution in [-0.4, -0.2) is 40.0 Å². The molecule has 104 valence electrons. The summed E-state index contributed by atoms with van der Waals surface area (Å²) in [4.78, 5) is 6.72. The zero-order valence-electron chi connectivity index (χ0n) is 11.8. The number of rotatable bonds is 4. The lowest BCUT2D eigenvalue weighted by atomic mass is 10.2. The van der Waals surface area contributed by atoms with Gasteiger partial charge in [0.25, 0.3) is 0 Å². The normalized spacial score (nSPS) is 22.2. The van der Waals surface area contributed by atoms with E-state index in [1.165, 1.54) is 19.4 Å². The fourth-order valence-corrected chi connectivity index (χ4v) is 2.39. The maximum Gasteiger partial charge on any atom is 0.0580 e. The molecule has 0 aromatic carbocycles. The summed E-state index contributed by atoms with van der Waals surface area (Å²) in [5.74, 6) is 0. The standard InChI is InChI=1S/C14H21ClN4/c1-11(15)7-16-12(2)13-8-17-19(9-13)10-14-5-4-6-18(14)3/h7-9,14H,4-6,10H2,1-3H3/b11-7+,16-12?/t14-/m0/s1. The zero-order valence-corrected chi connectivity index (χ0v) is 12.6. The minimum Gasteiger partial charge on any atom is -0.302 e. The highest BCUT2D eigenvalue weighted by Gasteiger charge is 2.21. The largest absolute Gasteiger partial charge is 0.302 e. The van der Waals surface area contributed by atoms with Crippen molar-refractivity contribution in [2.45, 2.75) is 39.3 Å². The molecule has 5 heteroatoms. The number of hydrogen-bond acceptors (Lipinski definition) is 3. The Labute approximate surface area is 119 Å². The number of halogens is 1. The molecule has 1 aromatic rings. The topological polar surface area (TPSA) is 33.4 Å². The quantitative estimate of drug-likeness (QED) is 0.795. The van der Waals surface area contributed by atoms with Crippen molar-refractivity contribution in [3.8, 4) is 0 Å². The van der Waals surface area contributed by atoms with Gasteiger partial charge in [0, 0.05) is 34.7 Å². The van der Waals surface area contributed by atoms with Gasteiger partial charge in [-0.15, -0.1) is 0 Å². The lowest BCUT2D eigenvalue weighted by molar-refractivity contribution is 0.274. The van der Waals surface area contributed by atoms with E-state index in [1.54, 1.807) is 6.20 Å². The highest BCUT2D eigenvalue weighted by Crippen LogP contribution is 2.16. The van der Waals surface area contributed by atoms with E-state index < -0.39 is 0 Å². The highest BCUT2D eigenvalue weighted by atomic mass is 35.5. The Balaban J connectivity index is 2.02. The van der Waals surface area contributed by atoms with Gasteiger partial charge in [-0.2, -0.15) is 5.10 Å². The average molecular weight is 281 g/mol. The van der Waals surface area contributed by atoms with Crippen LogP contribution in [0.3, 0.4) is 0 Å². The number of likely N-dealkylation sites (tertiary alicyclic amines) is 1. The van der Waals surface area contributed by atoms with Crippen molar-refractivity contribution in [3.05, 3.63) is 29.2 Å². The molecule has 0 unspecified atom stereocenters. The van der Waals surface area contributed by atoms with Crippen molar-refractivity contribution in [3.63, 3.8) is 0 Å². The summed E-state index contributed by atoms with van der Waals surface area (Å²) in [6.45, 7) is 5.93. The third kappa shape index (κ3) is 3.91. The minimum absolute atomic E-state index is 0.606. The lowest BCUT2D eigenvalue weighted by Gasteiger charge is -2.18. The van der Waals surface area contributed by atoms with E-state index in [0.29, 0.717) is 11.1 Å². The number of aromatic nitrogens is 2. The summed E-state index contributed by atoms with van der Waals surface area (Å²) in [5, 5.41) is 5.10. The summed E-state index contributed by atoms with van der Waals surface area (Å²) in [6.07, 6.45) is 8.13. The number of likely N-dealkylation sites (N-methyl/N-ethyl adjacent to an activating group) is 1. The average Bonchev–Trinajstić information content (AvgIpc) is 2.97. The second-order valence-electron chi connectivity index (χ2n) is 5.16. The molecule has 0 N–H and O–H groups in total. The van der Waals surface area contributed by atoms with Crippen molar-refractivity contribution in [1.29, 1.82) is 0 Å². The van der Waals surface area contributed by atoms with Crippen LogP contribution >= 0.6 is 11.6 Å². The molecule has 1 fully saturated rings. The van der Waals surface area contributed by atoms with Crippen LogP contribution in [0.5, 0.6) is 0 Å². The van der Waals surface area contributed by atoms with E-state index >= 15 is 0 Å². The maximum atomic E-state index is 5.77. The van der Waals surface area contributed by atoms with Gasteiger partial charge in [-0.3, -0.25) is 9.67 Å². The molecule has 0 saturated carbocycles. The fraction of sp³-hybridized carbons (Fsp3) is 0.571. The predicted octanol–water partition coefficient (Wildman–Crippen LogP) is 2.89. The molecule has 0 aliphatic carbocycles. The van der Waals surface area contributed by atoms with Crippen LogP contribution in [0.4, 0.5) is 0 Å². The van der Waals surface area contributed by atoms with Gasteiger partial charge in [0.1, 0.15) is 0 Å². The van der Waals surface area contributed by atoms with Gasteiger partial charge in [0.2, 0.25) is 0 Å². The number of hydrogen-bond donors (Lipinski definition) is 0. The minimum atomic E-state index is 0.606. The van der Waals surface area contributed by atoms with Gasteiger partial charge in [-0.05, 0) is 40.3 Å². The zero-order chi connectivity index (χ0) is 13.8. The summed E-state index contributed by atoms with van der Waals surface area (Å²) in [6, 6.07) is 0.606. The van der Waals surface area contributed by atoms with Crippen LogP contribution in [0.25, 0.3) is 0 Å². The fourth-order valence-electron chi connectivity index (χ4n) is 2.34. The smallest absolute Gasteiger partial charge is 0.0580 e. The van der Waals surface area contributed by atoms with Crippen LogP contribution in [0.15, 0.2) is 28.6 Å². The molecule has 1 aromatic heterocycles. The summed E-state index contributed by atoms with van der Waals surface area (Å²) < 4.78 is 2.01. The molecule has 1 aliphatic heterocycles. The monoisotopic (exact) mass is 280 g/mol. The Kier molecular flexibility index (Phi) is 4.77. The molecular weight excluding hydrogens is 260 g/mol. The van der Waals surface area contributed by atoms with Crippen molar-refractivity contribution < 1.29 is 0 Å². The van der Waals surface area contributed by atoms with Crippen molar-refractivity contribution in [2.24, 2.45) is 4.99 Å². The number of nitrogens with zero attached hydrogens (tertiary/aromatic N) is 4. The third-order valence-corrected chi connectivity index (χ3v) is 3.65. The molecule has 0 spiro atoms. The molecule has 1 saturated heterocycles. The second kappa shape index (κ2) is 6.35. The van der Waals surface area contributed by atoms with E-state index in [0.717, 1.165) is 17.8 Å². The van der Waals surface area contributed by atoms with Gasteiger partial charge in [0.05, 0.1) is 12.7 Å². The van der Waals surface area contributed by atoms with E-state index in [1.807, 2.05) is 24.7 Å². The van der Waals surface area contributed by atoms with Gasteiger partial charge < -0.3 is 4.90 Å². The van der Waals surface area contributed by atoms with Gasteiger partial charge >= 0.3 is 0 Å². The third-order valence-electron chi connectivity index (χ3n) is 3.56. The molecule has 1 atom stereocenters. The van der Waals surface area contributed by atoms with E-state index in [4.69, 9.17) is 11.6 Å². The predicted molar refractivity (Wildman–Crippen MR) is 79.7 cm³/mol. The number of allylic oxidation sites excluding steroid dienone is 1. The molecule has 4 nitrogen and oxygen atoms in total. The molecule has 19 heavy (non-hydrogen) atoms. The molecule has 0 radical (unpaired) electrons. The second-order valence-corrected chi connectivity index (χ2v) is 5.75. The van der Waals surface area contributed by atoms with Gasteiger partial charge in [-0.1, -0.05) is 11.6 Å². The molecule has 2 heterocycles. The Morgan fingerprint density at radius 2 is 2.37 bits per heavy atom. The van der Waals surface area contributed by atoms with Crippen LogP contribution in [0.1, 0.15) is 32.3 Å². The lowest BCUT2D eigenvalue weighted by Crippen LogP contribution is -2.29. The molecule has 2 rings (SSSR count). The first-order valence-electron chi connectivity index (χ1n) is 6.66. The Morgan fingerprint density at radius 3 is 3.00 bits per heavy atom. The van der Waals surface area contributed by atoms with Crippen molar-refractivity contribution in [2.75, 3.05) is 13.6 Å². The van der Waals surface area contributed by atoms with E-state index in [9.17, 15) is 0 Å². The van der Waals surface area contributed by atoms with Crippen LogP contribution in [-0.2, 0) is 6.54 Å². The Morgan fingerprint density at radius 1 is 1.58 bits per heavy atom. The first kappa shape index (κ1) is 14.3. The molecular formula is C14H21ClN4. The SMILES string of the molecule is CC(=N/C=C(\C)Cl)c1cnn(C[C@@H]2CCCN2C)c1. The van der Waals surface area contributed by atoms with Gasteiger partial charge in [-0.25, -0.2) is 0 Å². The van der Waals surface area contributed by atoms with Gasteiger partial charge in [0.15, 0.2) is 0 Å². The van der Waals surface area contributed by atoms with Crippen molar-refractivity contribution in [1.82, 2.24) is 14.7 Å². The Bertz CT molecular complexity index is 485. The summed E-state index contributed by atoms with van der Waals surface area (Å²) >= 11 is 5.77. The van der Waals surface area contributed by atoms with Crippen LogP contribution in [0, 0.1) is 0 Å². The summed E-state index contributed by atoms with van der Waals surface area (Å²) in [7, 11) is 2.18.